The molecule has 0 aliphatic carbocycles. The van der Waals surface area contributed by atoms with Crippen LogP contribution in [0.1, 0.15) is 23.7 Å². The number of rotatable bonds is 3. The Morgan fingerprint density at radius 3 is 2.44 bits per heavy atom. The van der Waals surface area contributed by atoms with Gasteiger partial charge in [0.15, 0.2) is 11.5 Å². The Morgan fingerprint density at radius 1 is 1.50 bits per heavy atom. The molecule has 1 aromatic rings. The van der Waals surface area contributed by atoms with Crippen molar-refractivity contribution in [1.82, 2.24) is 0 Å². The third kappa shape index (κ3) is 4.99. The molecule has 0 heterocycles. The van der Waals surface area contributed by atoms with Gasteiger partial charge in [-0.05, 0) is 18.2 Å². The van der Waals surface area contributed by atoms with Crippen molar-refractivity contribution >= 4 is 12.3 Å². The summed E-state index contributed by atoms with van der Waals surface area (Å²) in [6.07, 6.45) is 0.919. The second kappa shape index (κ2) is 7.28. The number of aromatic hydroxyl groups is 1. The van der Waals surface area contributed by atoms with Gasteiger partial charge in [0.1, 0.15) is 6.29 Å². The maximum Gasteiger partial charge on any atom is 0.303 e. The summed E-state index contributed by atoms with van der Waals surface area (Å²) in [4.78, 5) is 19.6. The van der Waals surface area contributed by atoms with Crippen molar-refractivity contribution in [1.29, 1.82) is 0 Å². The fourth-order valence-electron chi connectivity index (χ4n) is 0.768. The van der Waals surface area contributed by atoms with Crippen molar-refractivity contribution in [2.75, 3.05) is 7.11 Å². The van der Waals surface area contributed by atoms with Crippen LogP contribution in [0.3, 0.4) is 0 Å². The first-order chi connectivity index (χ1) is 7.54. The SMILES string of the molecule is CCC(=O)O.COc1cc(C=O)ccc1O. The molecule has 0 aliphatic rings. The number of carboxylic acids is 1. The van der Waals surface area contributed by atoms with Gasteiger partial charge < -0.3 is 14.9 Å². The molecule has 0 aromatic heterocycles. The molecule has 0 saturated carbocycles. The molecule has 5 heteroatoms. The lowest BCUT2D eigenvalue weighted by atomic mass is 10.2. The Kier molecular flexibility index (Phi) is 6.35. The van der Waals surface area contributed by atoms with Crippen molar-refractivity contribution in [3.05, 3.63) is 23.8 Å². The quantitative estimate of drug-likeness (QED) is 0.766. The van der Waals surface area contributed by atoms with Crippen molar-refractivity contribution in [2.24, 2.45) is 0 Å². The zero-order chi connectivity index (χ0) is 12.6. The molecule has 88 valence electrons. The van der Waals surface area contributed by atoms with Gasteiger partial charge in [0, 0.05) is 12.0 Å². The third-order valence-electron chi connectivity index (χ3n) is 1.64. The fourth-order valence-corrected chi connectivity index (χ4v) is 0.768. The van der Waals surface area contributed by atoms with E-state index in [1.807, 2.05) is 0 Å². The van der Waals surface area contributed by atoms with E-state index >= 15 is 0 Å². The van der Waals surface area contributed by atoms with Crippen LogP contribution in [0.5, 0.6) is 11.5 Å². The van der Waals surface area contributed by atoms with E-state index in [-0.39, 0.29) is 12.2 Å². The minimum absolute atomic E-state index is 0.0399. The van der Waals surface area contributed by atoms with Gasteiger partial charge in [-0.15, -0.1) is 0 Å². The van der Waals surface area contributed by atoms with Crippen LogP contribution in [-0.2, 0) is 4.79 Å². The van der Waals surface area contributed by atoms with Crippen molar-refractivity contribution in [3.63, 3.8) is 0 Å². The Hall–Kier alpha value is -2.04. The van der Waals surface area contributed by atoms with E-state index in [0.717, 1.165) is 0 Å². The minimum atomic E-state index is -0.745. The highest BCUT2D eigenvalue weighted by atomic mass is 16.5. The van der Waals surface area contributed by atoms with Gasteiger partial charge in [-0.3, -0.25) is 9.59 Å². The predicted octanol–water partition coefficient (Wildman–Crippen LogP) is 1.69. The summed E-state index contributed by atoms with van der Waals surface area (Å²) in [5, 5.41) is 16.8. The number of carbonyl (C=O) groups is 2. The molecule has 0 atom stereocenters. The molecule has 0 bridgehead atoms. The summed E-state index contributed by atoms with van der Waals surface area (Å²) >= 11 is 0. The van der Waals surface area contributed by atoms with E-state index < -0.39 is 5.97 Å². The normalized spacial score (nSPS) is 8.62. The van der Waals surface area contributed by atoms with Crippen LogP contribution in [-0.4, -0.2) is 29.6 Å². The van der Waals surface area contributed by atoms with Crippen LogP contribution in [0.2, 0.25) is 0 Å². The van der Waals surface area contributed by atoms with Crippen LogP contribution < -0.4 is 4.74 Å². The lowest BCUT2D eigenvalue weighted by molar-refractivity contribution is -0.136. The zero-order valence-electron chi connectivity index (χ0n) is 9.14. The van der Waals surface area contributed by atoms with E-state index in [1.165, 1.54) is 25.3 Å². The number of carboxylic acid groups (broad SMARTS) is 1. The van der Waals surface area contributed by atoms with Crippen LogP contribution in [0.4, 0.5) is 0 Å². The molecule has 0 fully saturated rings. The maximum atomic E-state index is 10.2. The second-order valence-corrected chi connectivity index (χ2v) is 2.80. The highest BCUT2D eigenvalue weighted by molar-refractivity contribution is 5.76. The first-order valence-corrected chi connectivity index (χ1v) is 4.59. The number of hydrogen-bond acceptors (Lipinski definition) is 4. The molecule has 1 aromatic carbocycles. The third-order valence-corrected chi connectivity index (χ3v) is 1.64. The minimum Gasteiger partial charge on any atom is -0.504 e. The summed E-state index contributed by atoms with van der Waals surface area (Å²) in [6.45, 7) is 1.60. The highest BCUT2D eigenvalue weighted by Gasteiger charge is 2.00. The molecule has 0 unspecified atom stereocenters. The number of benzene rings is 1. The summed E-state index contributed by atoms with van der Waals surface area (Å²) < 4.78 is 4.78. The Labute approximate surface area is 93.3 Å². The number of methoxy groups -OCH3 is 1. The van der Waals surface area contributed by atoms with Gasteiger partial charge in [0.25, 0.3) is 0 Å². The number of phenolic OH excluding ortho intramolecular Hbond substituents is 1. The molecule has 2 N–H and O–H groups in total. The molecular weight excluding hydrogens is 212 g/mol. The monoisotopic (exact) mass is 226 g/mol. The van der Waals surface area contributed by atoms with Crippen LogP contribution in [0.25, 0.3) is 0 Å². The molecule has 5 nitrogen and oxygen atoms in total. The molecule has 0 aliphatic heterocycles. The van der Waals surface area contributed by atoms with Crippen molar-refractivity contribution in [2.45, 2.75) is 13.3 Å². The standard InChI is InChI=1S/C8H8O3.C3H6O2/c1-11-8-4-6(5-9)2-3-7(8)10;1-2-3(4)5/h2-5,10H,1H3;2H2,1H3,(H,4,5). The van der Waals surface area contributed by atoms with Crippen LogP contribution >= 0.6 is 0 Å². The number of phenols is 1. The van der Waals surface area contributed by atoms with E-state index in [2.05, 4.69) is 0 Å². The number of ether oxygens (including phenoxy) is 1. The summed E-state index contributed by atoms with van der Waals surface area (Å²) in [5.41, 5.74) is 0.486. The molecular formula is C11H14O5. The van der Waals surface area contributed by atoms with E-state index in [4.69, 9.17) is 14.9 Å². The maximum absolute atomic E-state index is 10.2. The van der Waals surface area contributed by atoms with Gasteiger partial charge >= 0.3 is 5.97 Å². The van der Waals surface area contributed by atoms with Gasteiger partial charge in [0.05, 0.1) is 7.11 Å². The Balaban J connectivity index is 0.000000385. The van der Waals surface area contributed by atoms with Gasteiger partial charge in [-0.2, -0.15) is 0 Å². The molecule has 16 heavy (non-hydrogen) atoms. The molecule has 0 radical (unpaired) electrons. The number of aldehydes is 1. The molecule has 1 rings (SSSR count). The first kappa shape index (κ1) is 14.0. The topological polar surface area (TPSA) is 83.8 Å². The predicted molar refractivity (Wildman–Crippen MR) is 58.0 cm³/mol. The summed E-state index contributed by atoms with van der Waals surface area (Å²) in [7, 11) is 1.43. The van der Waals surface area contributed by atoms with Gasteiger partial charge in [0.2, 0.25) is 0 Å². The highest BCUT2D eigenvalue weighted by Crippen LogP contribution is 2.25. The summed E-state index contributed by atoms with van der Waals surface area (Å²) in [6, 6.07) is 4.41. The van der Waals surface area contributed by atoms with Crippen molar-refractivity contribution in [3.8, 4) is 11.5 Å². The van der Waals surface area contributed by atoms with Crippen LogP contribution in [0, 0.1) is 0 Å². The van der Waals surface area contributed by atoms with E-state index in [9.17, 15) is 9.59 Å². The van der Waals surface area contributed by atoms with Gasteiger partial charge in [-0.25, -0.2) is 0 Å². The van der Waals surface area contributed by atoms with Gasteiger partial charge in [-0.1, -0.05) is 6.92 Å². The van der Waals surface area contributed by atoms with Crippen molar-refractivity contribution < 1.29 is 24.5 Å². The lowest BCUT2D eigenvalue weighted by Crippen LogP contribution is -1.86. The molecule has 0 spiro atoms. The zero-order valence-corrected chi connectivity index (χ0v) is 9.14. The van der Waals surface area contributed by atoms with E-state index in [1.54, 1.807) is 6.92 Å². The number of carbonyl (C=O) groups excluding carboxylic acids is 1. The molecule has 0 saturated heterocycles. The average Bonchev–Trinajstić information content (AvgIpc) is 2.30. The van der Waals surface area contributed by atoms with Crippen LogP contribution in [0.15, 0.2) is 18.2 Å². The first-order valence-electron chi connectivity index (χ1n) is 4.59. The molecule has 0 amide bonds. The smallest absolute Gasteiger partial charge is 0.303 e. The largest absolute Gasteiger partial charge is 0.504 e. The number of hydrogen-bond donors (Lipinski definition) is 2. The Bertz CT molecular complexity index is 359. The summed E-state index contributed by atoms with van der Waals surface area (Å²) in [5.74, 6) is -0.391. The second-order valence-electron chi connectivity index (χ2n) is 2.80. The van der Waals surface area contributed by atoms with E-state index in [0.29, 0.717) is 17.6 Å². The number of aliphatic carboxylic acids is 1. The Morgan fingerprint density at radius 2 is 2.06 bits per heavy atom. The lowest BCUT2D eigenvalue weighted by Gasteiger charge is -2.01. The average molecular weight is 226 g/mol. The fraction of sp³-hybridized carbons (Fsp3) is 0.273.